The van der Waals surface area contributed by atoms with Crippen LogP contribution in [0.2, 0.25) is 0 Å². The molecule has 0 saturated carbocycles. The Bertz CT molecular complexity index is 2140. The average Bonchev–Trinajstić information content (AvgIpc) is 3.54. The number of aliphatic hydroxyl groups is 4. The number of aliphatic hydroxyl groups excluding tert-OH is 4. The van der Waals surface area contributed by atoms with Gasteiger partial charge in [0.1, 0.15) is 48.3 Å². The molecule has 1 spiro atoms. The lowest BCUT2D eigenvalue weighted by atomic mass is 9.75. The molecule has 13 rings (SSSR count). The van der Waals surface area contributed by atoms with E-state index in [0.717, 1.165) is 19.3 Å². The first-order chi connectivity index (χ1) is 36.2. The zero-order chi connectivity index (χ0) is 51.5. The highest BCUT2D eigenvalue weighted by atomic mass is 16.7. The molecule has 0 aromatic carbocycles. The fourth-order valence-electron chi connectivity index (χ4n) is 15.8. The predicted octanol–water partition coefficient (Wildman–Crippen LogP) is 4.47. The molecule has 17 heteroatoms. The minimum atomic E-state index is -1.01. The first kappa shape index (κ1) is 52.6. The summed E-state index contributed by atoms with van der Waals surface area (Å²) in [5.41, 5.74) is -1.01. The van der Waals surface area contributed by atoms with Gasteiger partial charge in [-0.2, -0.15) is 0 Å². The monoisotopic (exact) mass is 1050 g/mol. The van der Waals surface area contributed by atoms with Gasteiger partial charge in [0.05, 0.1) is 123 Å². The van der Waals surface area contributed by atoms with Gasteiger partial charge < -0.3 is 82.0 Å². The van der Waals surface area contributed by atoms with Crippen LogP contribution < -0.4 is 0 Å². The summed E-state index contributed by atoms with van der Waals surface area (Å²) in [6.07, 6.45) is 13.2. The fraction of sp³-hybridized carbons (Fsp3) is 0.862. The summed E-state index contributed by atoms with van der Waals surface area (Å²) in [6, 6.07) is 0. The molecule has 13 heterocycles. The summed E-state index contributed by atoms with van der Waals surface area (Å²) in [5, 5.41) is 46.5. The first-order valence-corrected chi connectivity index (χ1v) is 29.1. The molecular formula is C58H84O17. The summed E-state index contributed by atoms with van der Waals surface area (Å²) in [6.45, 7) is 11.2. The Morgan fingerprint density at radius 1 is 0.467 bits per heavy atom. The quantitative estimate of drug-likeness (QED) is 0.248. The van der Waals surface area contributed by atoms with Crippen LogP contribution in [0.5, 0.6) is 0 Å². The summed E-state index contributed by atoms with van der Waals surface area (Å²) in [5.74, 6) is -1.13. The van der Waals surface area contributed by atoms with Gasteiger partial charge in [0, 0.05) is 43.9 Å². The summed E-state index contributed by atoms with van der Waals surface area (Å²) in [7, 11) is 0. The molecule has 0 aromatic rings. The van der Waals surface area contributed by atoms with Gasteiger partial charge in [-0.15, -0.1) is 0 Å². The van der Waals surface area contributed by atoms with Crippen LogP contribution in [0.3, 0.4) is 0 Å². The van der Waals surface area contributed by atoms with E-state index >= 15 is 0 Å². The SMILES string of the molecule is C[C@@H]1C[C@@H]2O[C@@H]3[C@@H](C)[C@H](O)[C@@H]4O[C@]5(C[C@H](O)CO5)[C@@H](C)[C@H](C)[C@H]4O[C@H]3C[C@H]2O[C@H]2C[C@H]3O[C@H]4CC/C=C\C[C@H]5O[C@H]6C=C[C@H]7O[C@H]8[C@H](O)[C@H]9OCC=CC[C@@H]9O[C@@H]8C[C@@H]7O[C@@H]6C/C=C\[C@@H]5O[C@@H]4C[C@@H](O)[C@]3(C)O[C@@H]2C1. The van der Waals surface area contributed by atoms with Crippen molar-refractivity contribution in [3.8, 4) is 0 Å². The highest BCUT2D eigenvalue weighted by molar-refractivity contribution is 5.14. The van der Waals surface area contributed by atoms with E-state index in [0.29, 0.717) is 64.4 Å². The Morgan fingerprint density at radius 2 is 1.12 bits per heavy atom. The van der Waals surface area contributed by atoms with Gasteiger partial charge in [0.15, 0.2) is 5.79 Å². The molecular weight excluding hydrogens is 969 g/mol. The second-order valence-electron chi connectivity index (χ2n) is 25.2. The number of rotatable bonds is 0. The van der Waals surface area contributed by atoms with Crippen molar-refractivity contribution in [1.29, 1.82) is 0 Å². The normalized spacial score (nSPS) is 58.4. The van der Waals surface area contributed by atoms with E-state index in [9.17, 15) is 20.4 Å². The van der Waals surface area contributed by atoms with Crippen molar-refractivity contribution in [2.24, 2.45) is 23.7 Å². The summed E-state index contributed by atoms with van der Waals surface area (Å²) in [4.78, 5) is 0. The van der Waals surface area contributed by atoms with Crippen molar-refractivity contribution in [3.05, 3.63) is 48.6 Å². The molecule has 75 heavy (non-hydrogen) atoms. The van der Waals surface area contributed by atoms with Crippen LogP contribution >= 0.6 is 0 Å². The molecule has 0 aromatic heterocycles. The van der Waals surface area contributed by atoms with E-state index in [1.807, 2.05) is 26.0 Å². The Hall–Kier alpha value is -1.72. The molecule has 9 fully saturated rings. The van der Waals surface area contributed by atoms with E-state index in [4.69, 9.17) is 61.6 Å². The topological polar surface area (TPSA) is 201 Å². The third-order valence-electron chi connectivity index (χ3n) is 20.3. The lowest BCUT2D eigenvalue weighted by molar-refractivity contribution is -0.339. The molecule has 13 aliphatic heterocycles. The average molecular weight is 1050 g/mol. The molecule has 31 atom stereocenters. The standard InChI is InChI=1S/C58H84O17/c1-28-20-40-42(23-46-52(72-40)30(3)50(61)56-53(73-46)29(2)31(4)58(75-56)26-32(59)27-64-58)69-44-25-49-57(5,74-45(44)21-28)48(60)24-43-36(70-49)13-8-6-7-12-33-34(67-43)15-11-16-35-37(65-33)17-18-38-41(66-35)22-47-55(71-38)51(62)54-39(68-47)14-9-10-19-63-54/h6-7,9-11,15,17-18,28-56,59-62H,8,12-14,16,19-27H2,1-5H3/b7-6-,15-11-/t28-,29+,30+,31+,32+,33-,34+,35-,36+,37+,38-,39+,40+,41+,42-,43-,44+,45-,46+,47-,48-,49-,50+,51-,52-,53-,54+,55-,56+,57+,58-/m1/s1. The zero-order valence-electron chi connectivity index (χ0n) is 44.4. The van der Waals surface area contributed by atoms with Gasteiger partial charge in [0.25, 0.3) is 0 Å². The van der Waals surface area contributed by atoms with Crippen molar-refractivity contribution in [2.75, 3.05) is 13.2 Å². The van der Waals surface area contributed by atoms with E-state index < -0.39 is 78.5 Å². The molecule has 9 saturated heterocycles. The van der Waals surface area contributed by atoms with Gasteiger partial charge in [0.2, 0.25) is 0 Å². The highest BCUT2D eigenvalue weighted by Crippen LogP contribution is 2.52. The van der Waals surface area contributed by atoms with Crippen LogP contribution in [0.4, 0.5) is 0 Å². The molecule has 0 bridgehead atoms. The minimum Gasteiger partial charge on any atom is -0.391 e. The second kappa shape index (κ2) is 21.0. The molecule has 17 nitrogen and oxygen atoms in total. The number of allylic oxidation sites excluding steroid dienone is 1. The summed E-state index contributed by atoms with van der Waals surface area (Å²) < 4.78 is 88.9. The lowest BCUT2D eigenvalue weighted by Gasteiger charge is -2.53. The van der Waals surface area contributed by atoms with Crippen molar-refractivity contribution in [1.82, 2.24) is 0 Å². The smallest absolute Gasteiger partial charge is 0.174 e. The third-order valence-corrected chi connectivity index (χ3v) is 20.3. The predicted molar refractivity (Wildman–Crippen MR) is 267 cm³/mol. The molecule has 4 N–H and O–H groups in total. The van der Waals surface area contributed by atoms with E-state index in [1.54, 1.807) is 0 Å². The largest absolute Gasteiger partial charge is 0.391 e. The molecule has 0 amide bonds. The Labute approximate surface area is 441 Å². The van der Waals surface area contributed by atoms with Crippen molar-refractivity contribution in [3.63, 3.8) is 0 Å². The van der Waals surface area contributed by atoms with Crippen LogP contribution in [-0.2, 0) is 61.6 Å². The Morgan fingerprint density at radius 3 is 1.96 bits per heavy atom. The van der Waals surface area contributed by atoms with Crippen molar-refractivity contribution >= 4 is 0 Å². The third kappa shape index (κ3) is 9.66. The molecule has 0 aliphatic carbocycles. The van der Waals surface area contributed by atoms with E-state index in [2.05, 4.69) is 57.2 Å². The minimum absolute atomic E-state index is 0.0202. The number of fused-ring (bicyclic) bond motifs is 11. The maximum atomic E-state index is 12.5. The maximum absolute atomic E-state index is 12.5. The first-order valence-electron chi connectivity index (χ1n) is 29.1. The number of ether oxygens (including phenoxy) is 13. The van der Waals surface area contributed by atoms with Gasteiger partial charge in [-0.3, -0.25) is 0 Å². The fourth-order valence-corrected chi connectivity index (χ4v) is 15.8. The molecule has 0 unspecified atom stereocenters. The van der Waals surface area contributed by atoms with Crippen molar-refractivity contribution < 1.29 is 82.0 Å². The Kier molecular flexibility index (Phi) is 14.7. The van der Waals surface area contributed by atoms with Crippen LogP contribution in [0.15, 0.2) is 48.6 Å². The van der Waals surface area contributed by atoms with Crippen LogP contribution in [0.25, 0.3) is 0 Å². The van der Waals surface area contributed by atoms with E-state index in [-0.39, 0.29) is 116 Å². The summed E-state index contributed by atoms with van der Waals surface area (Å²) >= 11 is 0. The van der Waals surface area contributed by atoms with Gasteiger partial charge in [-0.25, -0.2) is 0 Å². The van der Waals surface area contributed by atoms with Crippen molar-refractivity contribution in [2.45, 2.75) is 276 Å². The number of hydrogen-bond acceptors (Lipinski definition) is 17. The Balaban J connectivity index is 0.699. The maximum Gasteiger partial charge on any atom is 0.174 e. The zero-order valence-corrected chi connectivity index (χ0v) is 44.4. The molecule has 0 radical (unpaired) electrons. The van der Waals surface area contributed by atoms with E-state index in [1.165, 1.54) is 0 Å². The molecule has 13 aliphatic rings. The number of hydrogen-bond donors (Lipinski definition) is 4. The van der Waals surface area contributed by atoms with Gasteiger partial charge >= 0.3 is 0 Å². The van der Waals surface area contributed by atoms with Crippen LogP contribution in [0.1, 0.15) is 112 Å². The van der Waals surface area contributed by atoms with Crippen LogP contribution in [-0.4, -0.2) is 198 Å². The highest BCUT2D eigenvalue weighted by Gasteiger charge is 2.63. The second-order valence-corrected chi connectivity index (χ2v) is 25.2. The lowest BCUT2D eigenvalue weighted by Crippen LogP contribution is -2.63. The van der Waals surface area contributed by atoms with Gasteiger partial charge in [-0.1, -0.05) is 76.3 Å². The van der Waals surface area contributed by atoms with Gasteiger partial charge in [-0.05, 0) is 63.7 Å². The van der Waals surface area contributed by atoms with Crippen LogP contribution in [0, 0.1) is 23.7 Å². The molecule has 418 valence electrons.